The number of rotatable bonds is 6. The second kappa shape index (κ2) is 8.49. The van der Waals surface area contributed by atoms with Crippen LogP contribution in [-0.4, -0.2) is 0 Å². The van der Waals surface area contributed by atoms with E-state index in [0.717, 1.165) is 16.9 Å². The summed E-state index contributed by atoms with van der Waals surface area (Å²) in [5.74, 6) is 0.137. The maximum atomic E-state index is 5.90. The van der Waals surface area contributed by atoms with Crippen LogP contribution in [0.4, 0.5) is 0 Å². The van der Waals surface area contributed by atoms with Gasteiger partial charge >= 0.3 is 0 Å². The molecular formula is C18H23NS. The highest BCUT2D eigenvalue weighted by atomic mass is 32.1. The molecule has 1 aromatic rings. The van der Waals surface area contributed by atoms with Crippen molar-refractivity contribution in [1.82, 2.24) is 0 Å². The average molecular weight is 285 g/mol. The summed E-state index contributed by atoms with van der Waals surface area (Å²) >= 11 is 4.64. The van der Waals surface area contributed by atoms with Gasteiger partial charge in [0.1, 0.15) is 0 Å². The van der Waals surface area contributed by atoms with E-state index in [-0.39, 0.29) is 5.92 Å². The highest BCUT2D eigenvalue weighted by Gasteiger charge is 2.18. The Kier molecular flexibility index (Phi) is 6.96. The third kappa shape index (κ3) is 4.17. The fourth-order valence-electron chi connectivity index (χ4n) is 2.18. The van der Waals surface area contributed by atoms with Gasteiger partial charge in [-0.15, -0.1) is 19.2 Å². The molecule has 106 valence electrons. The third-order valence-electron chi connectivity index (χ3n) is 3.23. The number of allylic oxidation sites excluding steroid dienone is 6. The minimum atomic E-state index is 0.137. The molecule has 0 amide bonds. The lowest BCUT2D eigenvalue weighted by atomic mass is 9.87. The van der Waals surface area contributed by atoms with Crippen LogP contribution in [0.15, 0.2) is 66.3 Å². The quantitative estimate of drug-likeness (QED) is 0.435. The van der Waals surface area contributed by atoms with Crippen LogP contribution < -0.4 is 5.73 Å². The van der Waals surface area contributed by atoms with E-state index in [1.807, 2.05) is 43.4 Å². The molecule has 0 radical (unpaired) electrons. The first-order valence-electron chi connectivity index (χ1n) is 6.76. The second-order valence-electron chi connectivity index (χ2n) is 4.63. The van der Waals surface area contributed by atoms with Crippen molar-refractivity contribution in [3.8, 4) is 0 Å². The van der Waals surface area contributed by atoms with Gasteiger partial charge in [-0.25, -0.2) is 0 Å². The molecule has 0 aromatic heterocycles. The van der Waals surface area contributed by atoms with Crippen LogP contribution in [0.25, 0.3) is 5.57 Å². The second-order valence-corrected chi connectivity index (χ2v) is 5.15. The molecule has 0 aliphatic heterocycles. The van der Waals surface area contributed by atoms with Crippen LogP contribution in [0.2, 0.25) is 0 Å². The molecule has 0 saturated heterocycles. The van der Waals surface area contributed by atoms with E-state index >= 15 is 0 Å². The number of benzene rings is 1. The molecule has 0 saturated carbocycles. The van der Waals surface area contributed by atoms with Crippen molar-refractivity contribution in [2.75, 3.05) is 0 Å². The van der Waals surface area contributed by atoms with E-state index in [2.05, 4.69) is 38.3 Å². The Morgan fingerprint density at radius 1 is 1.40 bits per heavy atom. The van der Waals surface area contributed by atoms with Gasteiger partial charge in [0.05, 0.1) is 0 Å². The van der Waals surface area contributed by atoms with Crippen molar-refractivity contribution >= 4 is 18.2 Å². The van der Waals surface area contributed by atoms with Crippen molar-refractivity contribution < 1.29 is 0 Å². The van der Waals surface area contributed by atoms with Crippen molar-refractivity contribution in [3.63, 3.8) is 0 Å². The maximum Gasteiger partial charge on any atom is 0.0201 e. The van der Waals surface area contributed by atoms with E-state index < -0.39 is 0 Å². The van der Waals surface area contributed by atoms with Crippen molar-refractivity contribution in [2.45, 2.75) is 20.3 Å². The molecule has 0 fully saturated rings. The Bertz CT molecular complexity index is 538. The zero-order chi connectivity index (χ0) is 15.0. The van der Waals surface area contributed by atoms with Crippen molar-refractivity contribution in [3.05, 3.63) is 77.4 Å². The lowest BCUT2D eigenvalue weighted by molar-refractivity contribution is 0.839. The van der Waals surface area contributed by atoms with Gasteiger partial charge in [-0.3, -0.25) is 0 Å². The van der Waals surface area contributed by atoms with Gasteiger partial charge in [-0.05, 0) is 48.1 Å². The number of aryl methyl sites for hydroxylation is 1. The lowest BCUT2D eigenvalue weighted by Gasteiger charge is -2.21. The molecule has 0 aliphatic carbocycles. The molecule has 0 heterocycles. The van der Waals surface area contributed by atoms with Crippen molar-refractivity contribution in [2.24, 2.45) is 11.7 Å². The topological polar surface area (TPSA) is 26.0 Å². The molecule has 1 rings (SSSR count). The Morgan fingerprint density at radius 3 is 2.65 bits per heavy atom. The molecule has 2 heteroatoms. The first kappa shape index (κ1) is 16.4. The van der Waals surface area contributed by atoms with Gasteiger partial charge in [0, 0.05) is 5.92 Å². The highest BCUT2D eigenvalue weighted by molar-refractivity contribution is 7.84. The van der Waals surface area contributed by atoms with Crippen LogP contribution in [0, 0.1) is 12.8 Å². The molecule has 1 nitrogen and oxygen atoms in total. The van der Waals surface area contributed by atoms with Crippen LogP contribution in [-0.2, 0) is 0 Å². The summed E-state index contributed by atoms with van der Waals surface area (Å²) in [6.45, 7) is 7.93. The summed E-state index contributed by atoms with van der Waals surface area (Å²) in [5.41, 5.74) is 9.37. The van der Waals surface area contributed by atoms with E-state index in [4.69, 9.17) is 5.73 Å². The smallest absolute Gasteiger partial charge is 0.0201 e. The van der Waals surface area contributed by atoms with E-state index in [1.165, 1.54) is 11.1 Å². The Morgan fingerprint density at radius 2 is 2.10 bits per heavy atom. The minimum absolute atomic E-state index is 0.137. The Hall–Kier alpha value is -1.67. The maximum absolute atomic E-state index is 5.90. The van der Waals surface area contributed by atoms with E-state index in [1.54, 1.807) is 6.20 Å². The number of hydrogen-bond acceptors (Lipinski definition) is 2. The van der Waals surface area contributed by atoms with Gasteiger partial charge < -0.3 is 5.73 Å². The molecule has 0 unspecified atom stereocenters. The molecule has 1 atom stereocenters. The van der Waals surface area contributed by atoms with Gasteiger partial charge in [-0.2, -0.15) is 0 Å². The Balaban J connectivity index is 3.24. The number of hydrogen-bond donors (Lipinski definition) is 2. The van der Waals surface area contributed by atoms with Gasteiger partial charge in [0.25, 0.3) is 0 Å². The van der Waals surface area contributed by atoms with Crippen LogP contribution >= 0.6 is 12.6 Å². The van der Waals surface area contributed by atoms with E-state index in [0.29, 0.717) is 0 Å². The first-order valence-corrected chi connectivity index (χ1v) is 7.20. The van der Waals surface area contributed by atoms with Crippen LogP contribution in [0.3, 0.4) is 0 Å². The minimum Gasteiger partial charge on any atom is -0.404 e. The standard InChI is InChI=1S/C18H23NS/c1-4-6-12-18(20)16(9-5-2)17(13-19)15-11-8-7-10-14(15)3/h4-8,10-13,16,20H,2,9,19H2,1,3H3/b6-4-,17-13+,18-12-/t16-/m0/s1. The molecular weight excluding hydrogens is 262 g/mol. The van der Waals surface area contributed by atoms with Gasteiger partial charge in [0.15, 0.2) is 0 Å². The lowest BCUT2D eigenvalue weighted by Crippen LogP contribution is -2.07. The molecule has 1 aromatic carbocycles. The summed E-state index contributed by atoms with van der Waals surface area (Å²) in [4.78, 5) is 0.989. The summed E-state index contributed by atoms with van der Waals surface area (Å²) in [7, 11) is 0. The largest absolute Gasteiger partial charge is 0.404 e. The zero-order valence-corrected chi connectivity index (χ0v) is 13.1. The van der Waals surface area contributed by atoms with E-state index in [9.17, 15) is 0 Å². The van der Waals surface area contributed by atoms with Gasteiger partial charge in [0.2, 0.25) is 0 Å². The summed E-state index contributed by atoms with van der Waals surface area (Å²) in [6.07, 6.45) is 10.4. The first-order chi connectivity index (χ1) is 9.65. The summed E-state index contributed by atoms with van der Waals surface area (Å²) in [6, 6.07) is 8.26. The molecule has 0 aliphatic rings. The fourth-order valence-corrected chi connectivity index (χ4v) is 2.51. The zero-order valence-electron chi connectivity index (χ0n) is 12.2. The number of nitrogens with two attached hydrogens (primary N) is 1. The summed E-state index contributed by atoms with van der Waals surface area (Å²) < 4.78 is 0. The van der Waals surface area contributed by atoms with Crippen LogP contribution in [0.5, 0.6) is 0 Å². The number of thiol groups is 1. The fraction of sp³-hybridized carbons (Fsp3) is 0.222. The summed E-state index contributed by atoms with van der Waals surface area (Å²) in [5, 5.41) is 0. The molecule has 2 N–H and O–H groups in total. The third-order valence-corrected chi connectivity index (χ3v) is 3.69. The Labute approximate surface area is 128 Å². The van der Waals surface area contributed by atoms with Crippen LogP contribution in [0.1, 0.15) is 24.5 Å². The molecule has 20 heavy (non-hydrogen) atoms. The van der Waals surface area contributed by atoms with Gasteiger partial charge in [-0.1, -0.05) is 48.6 Å². The predicted octanol–water partition coefficient (Wildman–Crippen LogP) is 4.88. The highest BCUT2D eigenvalue weighted by Crippen LogP contribution is 2.34. The normalized spacial score (nSPS) is 14.6. The molecule has 0 spiro atoms. The molecule has 0 bridgehead atoms. The predicted molar refractivity (Wildman–Crippen MR) is 93.5 cm³/mol. The monoisotopic (exact) mass is 285 g/mol. The average Bonchev–Trinajstić information content (AvgIpc) is 2.46. The van der Waals surface area contributed by atoms with Crippen molar-refractivity contribution in [1.29, 1.82) is 0 Å². The SMILES string of the molecule is C=CC[C@H](/C(S)=C/C=C\C)/C(=C/N)c1ccccc1C.